The van der Waals surface area contributed by atoms with Gasteiger partial charge in [0, 0.05) is 24.2 Å². The molecule has 2 aromatic carbocycles. The molecule has 1 amide bonds. The molecule has 0 aromatic heterocycles. The highest BCUT2D eigenvalue weighted by atomic mass is 32.2. The fraction of sp³-hybridized carbons (Fsp3) is 0.350. The number of aliphatic hydroxyl groups is 1. The second-order valence-corrected chi connectivity index (χ2v) is 8.71. The van der Waals surface area contributed by atoms with Gasteiger partial charge in [-0.1, -0.05) is 6.07 Å². The van der Waals surface area contributed by atoms with E-state index in [1.807, 2.05) is 0 Å². The van der Waals surface area contributed by atoms with Gasteiger partial charge in [0.15, 0.2) is 11.5 Å². The molecule has 9 nitrogen and oxygen atoms in total. The fourth-order valence-corrected chi connectivity index (χ4v) is 4.01. The van der Waals surface area contributed by atoms with E-state index in [2.05, 4.69) is 10.0 Å². The molecule has 0 aliphatic carbocycles. The minimum absolute atomic E-state index is 0.00413. The van der Waals surface area contributed by atoms with Gasteiger partial charge in [0.1, 0.15) is 18.5 Å². The zero-order valence-electron chi connectivity index (χ0n) is 16.6. The summed E-state index contributed by atoms with van der Waals surface area (Å²) < 4.78 is 43.0. The Labute approximate surface area is 175 Å². The van der Waals surface area contributed by atoms with E-state index in [-0.39, 0.29) is 36.4 Å². The lowest BCUT2D eigenvalue weighted by Crippen LogP contribution is -2.35. The predicted molar refractivity (Wildman–Crippen MR) is 108 cm³/mol. The minimum Gasteiger partial charge on any atom is -0.491 e. The topological polar surface area (TPSA) is 123 Å². The molecule has 1 heterocycles. The van der Waals surface area contributed by atoms with E-state index in [1.165, 1.54) is 24.3 Å². The third-order valence-electron chi connectivity index (χ3n) is 4.08. The van der Waals surface area contributed by atoms with Crippen LogP contribution in [0.1, 0.15) is 24.2 Å². The maximum atomic E-state index is 12.3. The average Bonchev–Trinajstić information content (AvgIpc) is 3.17. The Morgan fingerprint density at radius 1 is 1.17 bits per heavy atom. The van der Waals surface area contributed by atoms with Crippen molar-refractivity contribution in [1.82, 2.24) is 10.0 Å². The second-order valence-electron chi connectivity index (χ2n) is 6.99. The van der Waals surface area contributed by atoms with Crippen molar-refractivity contribution in [2.75, 3.05) is 19.9 Å². The van der Waals surface area contributed by atoms with E-state index < -0.39 is 22.0 Å². The van der Waals surface area contributed by atoms with E-state index in [4.69, 9.17) is 14.2 Å². The number of aliphatic hydroxyl groups excluding tert-OH is 1. The third-order valence-corrected chi connectivity index (χ3v) is 5.74. The van der Waals surface area contributed by atoms with Gasteiger partial charge in [-0.2, -0.15) is 0 Å². The van der Waals surface area contributed by atoms with Gasteiger partial charge in [0.2, 0.25) is 16.8 Å². The van der Waals surface area contributed by atoms with Crippen LogP contribution in [0.4, 0.5) is 0 Å². The first kappa shape index (κ1) is 21.9. The first-order valence-corrected chi connectivity index (χ1v) is 10.8. The molecule has 0 bridgehead atoms. The highest BCUT2D eigenvalue weighted by molar-refractivity contribution is 7.89. The number of amides is 1. The Balaban J connectivity index is 1.52. The Bertz CT molecular complexity index is 1010. The van der Waals surface area contributed by atoms with Crippen molar-refractivity contribution in [3.05, 3.63) is 48.0 Å². The molecule has 0 saturated carbocycles. The third kappa shape index (κ3) is 5.62. The number of ether oxygens (including phenoxy) is 3. The number of hydrogen-bond acceptors (Lipinski definition) is 7. The van der Waals surface area contributed by atoms with E-state index in [9.17, 15) is 18.3 Å². The largest absolute Gasteiger partial charge is 0.491 e. The molecule has 2 aromatic rings. The number of hydrogen-bond donors (Lipinski definition) is 3. The van der Waals surface area contributed by atoms with Gasteiger partial charge >= 0.3 is 0 Å². The number of benzene rings is 2. The van der Waals surface area contributed by atoms with Crippen LogP contribution in [0.15, 0.2) is 47.4 Å². The molecule has 0 radical (unpaired) electrons. The summed E-state index contributed by atoms with van der Waals surface area (Å²) >= 11 is 0. The number of sulfonamides is 1. The van der Waals surface area contributed by atoms with Crippen LogP contribution in [0.5, 0.6) is 17.2 Å². The van der Waals surface area contributed by atoms with Crippen LogP contribution < -0.4 is 24.2 Å². The Morgan fingerprint density at radius 3 is 2.70 bits per heavy atom. The summed E-state index contributed by atoms with van der Waals surface area (Å²) in [5, 5.41) is 12.6. The SMILES string of the molecule is CC(C)NS(=O)(=O)c1cccc(C(=O)NCC(O)COc2ccc3c(c2)OCO3)c1. The molecule has 0 fully saturated rings. The van der Waals surface area contributed by atoms with Crippen molar-refractivity contribution < 1.29 is 32.5 Å². The average molecular weight is 436 g/mol. The van der Waals surface area contributed by atoms with Crippen LogP contribution in [0.3, 0.4) is 0 Å². The first-order valence-electron chi connectivity index (χ1n) is 9.36. The van der Waals surface area contributed by atoms with E-state index in [1.54, 1.807) is 32.0 Å². The fourth-order valence-electron chi connectivity index (χ4n) is 2.71. The molecule has 0 saturated heterocycles. The Morgan fingerprint density at radius 2 is 1.93 bits per heavy atom. The molecule has 3 N–H and O–H groups in total. The summed E-state index contributed by atoms with van der Waals surface area (Å²) in [6.45, 7) is 3.46. The molecule has 3 rings (SSSR count). The van der Waals surface area contributed by atoms with Gasteiger partial charge in [0.25, 0.3) is 5.91 Å². The summed E-state index contributed by atoms with van der Waals surface area (Å²) in [5.41, 5.74) is 0.172. The van der Waals surface area contributed by atoms with Crippen LogP contribution in [-0.2, 0) is 10.0 Å². The maximum Gasteiger partial charge on any atom is 0.251 e. The number of rotatable bonds is 9. The predicted octanol–water partition coefficient (Wildman–Crippen LogP) is 1.27. The minimum atomic E-state index is -3.71. The quantitative estimate of drug-likeness (QED) is 0.541. The summed E-state index contributed by atoms with van der Waals surface area (Å²) in [6.07, 6.45) is -0.964. The van der Waals surface area contributed by atoms with Crippen molar-refractivity contribution in [1.29, 1.82) is 0 Å². The smallest absolute Gasteiger partial charge is 0.251 e. The molecule has 162 valence electrons. The van der Waals surface area contributed by atoms with Gasteiger partial charge in [-0.15, -0.1) is 0 Å². The molecular formula is C20H24N2O7S. The van der Waals surface area contributed by atoms with Crippen molar-refractivity contribution in [3.63, 3.8) is 0 Å². The van der Waals surface area contributed by atoms with Crippen LogP contribution in [0, 0.1) is 0 Å². The molecule has 1 atom stereocenters. The van der Waals surface area contributed by atoms with E-state index >= 15 is 0 Å². The molecule has 10 heteroatoms. The lowest BCUT2D eigenvalue weighted by atomic mass is 10.2. The van der Waals surface area contributed by atoms with Gasteiger partial charge < -0.3 is 24.6 Å². The summed E-state index contributed by atoms with van der Waals surface area (Å²) in [4.78, 5) is 12.3. The standard InChI is InChI=1S/C20H24N2O7S/c1-13(2)22-30(25,26)17-5-3-4-14(8-17)20(24)21-10-15(23)11-27-16-6-7-18-19(9-16)29-12-28-18/h3-9,13,15,22-23H,10-12H2,1-2H3,(H,21,24). The van der Waals surface area contributed by atoms with Crippen LogP contribution in [0.25, 0.3) is 0 Å². The molecule has 30 heavy (non-hydrogen) atoms. The molecule has 0 spiro atoms. The first-order chi connectivity index (χ1) is 14.2. The van der Waals surface area contributed by atoms with Gasteiger partial charge in [-0.25, -0.2) is 13.1 Å². The summed E-state index contributed by atoms with van der Waals surface area (Å²) in [7, 11) is -3.71. The normalized spacial score (nSPS) is 13.9. The highest BCUT2D eigenvalue weighted by Gasteiger charge is 2.18. The zero-order chi connectivity index (χ0) is 21.7. The Hall–Kier alpha value is -2.82. The van der Waals surface area contributed by atoms with Crippen molar-refractivity contribution in [3.8, 4) is 17.2 Å². The lowest BCUT2D eigenvalue weighted by Gasteiger charge is -2.14. The van der Waals surface area contributed by atoms with Crippen molar-refractivity contribution in [2.24, 2.45) is 0 Å². The van der Waals surface area contributed by atoms with Crippen molar-refractivity contribution in [2.45, 2.75) is 30.9 Å². The van der Waals surface area contributed by atoms with Crippen LogP contribution in [0.2, 0.25) is 0 Å². The van der Waals surface area contributed by atoms with Crippen LogP contribution in [-0.4, -0.2) is 51.5 Å². The van der Waals surface area contributed by atoms with Gasteiger partial charge in [-0.3, -0.25) is 4.79 Å². The van der Waals surface area contributed by atoms with Gasteiger partial charge in [-0.05, 0) is 44.2 Å². The molecule has 1 aliphatic rings. The maximum absolute atomic E-state index is 12.3. The van der Waals surface area contributed by atoms with E-state index in [0.717, 1.165) is 0 Å². The van der Waals surface area contributed by atoms with Crippen molar-refractivity contribution >= 4 is 15.9 Å². The van der Waals surface area contributed by atoms with Gasteiger partial charge in [0.05, 0.1) is 4.90 Å². The molecule has 1 aliphatic heterocycles. The highest BCUT2D eigenvalue weighted by Crippen LogP contribution is 2.35. The number of nitrogens with one attached hydrogen (secondary N) is 2. The zero-order valence-corrected chi connectivity index (χ0v) is 17.4. The second kappa shape index (κ2) is 9.33. The summed E-state index contributed by atoms with van der Waals surface area (Å²) in [6, 6.07) is 10.5. The Kier molecular flexibility index (Phi) is 6.80. The number of carbonyl (C=O) groups excluding carboxylic acids is 1. The molecular weight excluding hydrogens is 412 g/mol. The number of fused-ring (bicyclic) bond motifs is 1. The summed E-state index contributed by atoms with van der Waals surface area (Å²) in [5.74, 6) is 1.19. The lowest BCUT2D eigenvalue weighted by molar-refractivity contribution is 0.0843. The van der Waals surface area contributed by atoms with Crippen LogP contribution >= 0.6 is 0 Å². The monoisotopic (exact) mass is 436 g/mol. The van der Waals surface area contributed by atoms with E-state index in [0.29, 0.717) is 17.2 Å². The molecule has 1 unspecified atom stereocenters. The number of carbonyl (C=O) groups is 1.